The Morgan fingerprint density at radius 1 is 1.06 bits per heavy atom. The Kier molecular flexibility index (Phi) is 3.14. The zero-order valence-electron chi connectivity index (χ0n) is 9.61. The lowest BCUT2D eigenvalue weighted by atomic mass is 9.90. The lowest BCUT2D eigenvalue weighted by molar-refractivity contribution is -0.266. The highest BCUT2D eigenvalue weighted by Crippen LogP contribution is 2.39. The number of anilines is 1. The van der Waals surface area contributed by atoms with Gasteiger partial charge in [0.2, 0.25) is 0 Å². The van der Waals surface area contributed by atoms with E-state index in [-0.39, 0.29) is 31.7 Å². The molecule has 1 heterocycles. The van der Waals surface area contributed by atoms with Gasteiger partial charge in [-0.2, -0.15) is 13.2 Å². The van der Waals surface area contributed by atoms with Crippen molar-refractivity contribution >= 4 is 5.69 Å². The maximum absolute atomic E-state index is 12.6. The van der Waals surface area contributed by atoms with Crippen LogP contribution in [0.1, 0.15) is 12.8 Å². The molecule has 2 rings (SSSR count). The van der Waals surface area contributed by atoms with E-state index in [1.165, 1.54) is 12.1 Å². The Morgan fingerprint density at radius 2 is 1.56 bits per heavy atom. The van der Waals surface area contributed by atoms with Crippen molar-refractivity contribution in [3.8, 4) is 5.75 Å². The third-order valence-corrected chi connectivity index (χ3v) is 3.33. The Balaban J connectivity index is 2.05. The zero-order chi connectivity index (χ0) is 13.4. The fraction of sp³-hybridized carbons (Fsp3) is 0.500. The van der Waals surface area contributed by atoms with Crippen molar-refractivity contribution in [3.05, 3.63) is 24.3 Å². The van der Waals surface area contributed by atoms with Gasteiger partial charge in [-0.05, 0) is 24.3 Å². The third kappa shape index (κ3) is 2.38. The maximum Gasteiger partial charge on any atom is 0.417 e. The molecular weight excluding hydrogens is 247 g/mol. The summed E-state index contributed by atoms with van der Waals surface area (Å²) in [6.07, 6.45) is -5.25. The van der Waals surface area contributed by atoms with Crippen LogP contribution in [0.25, 0.3) is 0 Å². The van der Waals surface area contributed by atoms with Crippen LogP contribution in [0.2, 0.25) is 0 Å². The van der Waals surface area contributed by atoms with Crippen LogP contribution in [0.15, 0.2) is 24.3 Å². The van der Waals surface area contributed by atoms with Gasteiger partial charge in [-0.15, -0.1) is 0 Å². The number of phenols is 1. The second-order valence-electron chi connectivity index (χ2n) is 4.53. The number of phenolic OH excluding ortho intramolecular Hbond substituents is 1. The summed E-state index contributed by atoms with van der Waals surface area (Å²) in [5, 5.41) is 18.7. The van der Waals surface area contributed by atoms with E-state index in [2.05, 4.69) is 0 Å². The molecule has 0 radical (unpaired) electrons. The summed E-state index contributed by atoms with van der Waals surface area (Å²) in [4.78, 5) is 1.76. The first kappa shape index (κ1) is 13.0. The average molecular weight is 261 g/mol. The Hall–Kier alpha value is -1.43. The summed E-state index contributed by atoms with van der Waals surface area (Å²) in [6, 6.07) is 6.26. The van der Waals surface area contributed by atoms with E-state index in [9.17, 15) is 18.3 Å². The van der Waals surface area contributed by atoms with Crippen molar-refractivity contribution in [3.63, 3.8) is 0 Å². The van der Waals surface area contributed by atoms with E-state index in [1.54, 1.807) is 17.0 Å². The number of halogens is 3. The zero-order valence-corrected chi connectivity index (χ0v) is 9.61. The van der Waals surface area contributed by atoms with Crippen LogP contribution in [0.3, 0.4) is 0 Å². The number of hydrogen-bond acceptors (Lipinski definition) is 3. The number of aliphatic hydroxyl groups is 1. The highest BCUT2D eigenvalue weighted by Gasteiger charge is 2.54. The fourth-order valence-electron chi connectivity index (χ4n) is 2.08. The molecule has 6 heteroatoms. The first-order chi connectivity index (χ1) is 8.32. The van der Waals surface area contributed by atoms with Gasteiger partial charge >= 0.3 is 6.18 Å². The SMILES string of the molecule is Oc1ccc(N2CCC(O)(C(F)(F)F)CC2)cc1. The standard InChI is InChI=1S/C12H14F3NO2/c13-12(14,15)11(18)5-7-16(8-6-11)9-1-3-10(17)4-2-9/h1-4,17-18H,5-8H2. The van der Waals surface area contributed by atoms with E-state index in [1.807, 2.05) is 0 Å². The molecule has 0 aliphatic carbocycles. The van der Waals surface area contributed by atoms with Crippen LogP contribution in [0.4, 0.5) is 18.9 Å². The van der Waals surface area contributed by atoms with Gasteiger partial charge in [0.25, 0.3) is 0 Å². The first-order valence-electron chi connectivity index (χ1n) is 5.65. The summed E-state index contributed by atoms with van der Waals surface area (Å²) in [5.74, 6) is 0.113. The van der Waals surface area contributed by atoms with E-state index >= 15 is 0 Å². The molecule has 1 aromatic carbocycles. The van der Waals surface area contributed by atoms with Crippen LogP contribution in [-0.4, -0.2) is 35.1 Å². The monoisotopic (exact) mass is 261 g/mol. The van der Waals surface area contributed by atoms with Crippen molar-refractivity contribution < 1.29 is 23.4 Å². The minimum absolute atomic E-state index is 0.113. The number of aromatic hydroxyl groups is 1. The molecule has 0 bridgehead atoms. The number of hydrogen-bond donors (Lipinski definition) is 2. The van der Waals surface area contributed by atoms with E-state index < -0.39 is 11.8 Å². The Morgan fingerprint density at radius 3 is 2.00 bits per heavy atom. The molecule has 0 amide bonds. The molecular formula is C12H14F3NO2. The minimum atomic E-state index is -4.58. The first-order valence-corrected chi connectivity index (χ1v) is 5.65. The highest BCUT2D eigenvalue weighted by atomic mass is 19.4. The van der Waals surface area contributed by atoms with Crippen LogP contribution < -0.4 is 4.90 Å². The quantitative estimate of drug-likeness (QED) is 0.815. The number of nitrogens with zero attached hydrogens (tertiary/aromatic N) is 1. The molecule has 0 spiro atoms. The molecule has 1 fully saturated rings. The minimum Gasteiger partial charge on any atom is -0.508 e. The molecule has 3 nitrogen and oxygen atoms in total. The average Bonchev–Trinajstić information content (AvgIpc) is 2.30. The van der Waals surface area contributed by atoms with E-state index in [4.69, 9.17) is 5.11 Å². The smallest absolute Gasteiger partial charge is 0.417 e. The van der Waals surface area contributed by atoms with Crippen LogP contribution in [0.5, 0.6) is 5.75 Å². The van der Waals surface area contributed by atoms with Crippen LogP contribution in [-0.2, 0) is 0 Å². The fourth-order valence-corrected chi connectivity index (χ4v) is 2.08. The molecule has 1 aromatic rings. The molecule has 0 aromatic heterocycles. The van der Waals surface area contributed by atoms with Crippen molar-refractivity contribution in [2.75, 3.05) is 18.0 Å². The largest absolute Gasteiger partial charge is 0.508 e. The van der Waals surface area contributed by atoms with Gasteiger partial charge in [-0.3, -0.25) is 0 Å². The molecule has 1 aliphatic rings. The number of benzene rings is 1. The van der Waals surface area contributed by atoms with Gasteiger partial charge < -0.3 is 15.1 Å². The Labute approximate surface area is 102 Å². The van der Waals surface area contributed by atoms with Crippen molar-refractivity contribution in [1.29, 1.82) is 0 Å². The second-order valence-corrected chi connectivity index (χ2v) is 4.53. The van der Waals surface area contributed by atoms with Crippen molar-refractivity contribution in [1.82, 2.24) is 0 Å². The topological polar surface area (TPSA) is 43.7 Å². The second kappa shape index (κ2) is 4.35. The third-order valence-electron chi connectivity index (χ3n) is 3.33. The van der Waals surface area contributed by atoms with Gasteiger partial charge in [0.05, 0.1) is 0 Å². The lowest BCUT2D eigenvalue weighted by Gasteiger charge is -2.40. The predicted octanol–water partition coefficient (Wildman–Crippen LogP) is 2.29. The lowest BCUT2D eigenvalue weighted by Crippen LogP contribution is -2.53. The van der Waals surface area contributed by atoms with Crippen LogP contribution >= 0.6 is 0 Å². The molecule has 18 heavy (non-hydrogen) atoms. The molecule has 0 unspecified atom stereocenters. The summed E-state index contributed by atoms with van der Waals surface area (Å²) in [6.45, 7) is 0.279. The maximum atomic E-state index is 12.6. The van der Waals surface area contributed by atoms with Crippen molar-refractivity contribution in [2.24, 2.45) is 0 Å². The molecule has 0 atom stereocenters. The molecule has 1 aliphatic heterocycles. The summed E-state index contributed by atoms with van der Waals surface area (Å²) in [7, 11) is 0. The summed E-state index contributed by atoms with van der Waals surface area (Å²) >= 11 is 0. The van der Waals surface area contributed by atoms with E-state index in [0.717, 1.165) is 5.69 Å². The molecule has 0 saturated carbocycles. The normalized spacial score (nSPS) is 19.9. The molecule has 1 saturated heterocycles. The summed E-state index contributed by atoms with van der Waals surface area (Å²) in [5.41, 5.74) is -1.82. The highest BCUT2D eigenvalue weighted by molar-refractivity contribution is 5.49. The molecule has 100 valence electrons. The van der Waals surface area contributed by atoms with Gasteiger partial charge in [0, 0.05) is 31.6 Å². The van der Waals surface area contributed by atoms with Gasteiger partial charge in [-0.1, -0.05) is 0 Å². The van der Waals surface area contributed by atoms with Crippen molar-refractivity contribution in [2.45, 2.75) is 24.6 Å². The van der Waals surface area contributed by atoms with Gasteiger partial charge in [0.15, 0.2) is 5.60 Å². The van der Waals surface area contributed by atoms with E-state index in [0.29, 0.717) is 0 Å². The number of rotatable bonds is 1. The Bertz CT molecular complexity index is 408. The number of alkyl halides is 3. The summed E-state index contributed by atoms with van der Waals surface area (Å²) < 4.78 is 37.8. The number of piperidine rings is 1. The van der Waals surface area contributed by atoms with Crippen LogP contribution in [0, 0.1) is 0 Å². The van der Waals surface area contributed by atoms with Gasteiger partial charge in [0.1, 0.15) is 5.75 Å². The molecule has 2 N–H and O–H groups in total. The van der Waals surface area contributed by atoms with Gasteiger partial charge in [-0.25, -0.2) is 0 Å². The predicted molar refractivity (Wildman–Crippen MR) is 60.6 cm³/mol.